The number of methoxy groups -OCH3 is 1. The van der Waals surface area contributed by atoms with Crippen molar-refractivity contribution in [3.05, 3.63) is 23.8 Å². The Hall–Kier alpha value is -0.890. The lowest BCUT2D eigenvalue weighted by atomic mass is 10.2. The molecule has 0 saturated carbocycles. The first kappa shape index (κ1) is 12.2. The van der Waals surface area contributed by atoms with E-state index in [9.17, 15) is 0 Å². The highest BCUT2D eigenvalue weighted by Gasteiger charge is 2.12. The molecule has 0 aromatic heterocycles. The van der Waals surface area contributed by atoms with Gasteiger partial charge in [0.25, 0.3) is 0 Å². The zero-order valence-electron chi connectivity index (χ0n) is 9.42. The highest BCUT2D eigenvalue weighted by atomic mass is 35.5. The van der Waals surface area contributed by atoms with Gasteiger partial charge in [-0.05, 0) is 19.4 Å². The van der Waals surface area contributed by atoms with Crippen LogP contribution in [0.15, 0.2) is 18.2 Å². The molecule has 2 nitrogen and oxygen atoms in total. The molecule has 0 radical (unpaired) electrons. The molecule has 1 unspecified atom stereocenters. The van der Waals surface area contributed by atoms with Gasteiger partial charge >= 0.3 is 0 Å². The predicted octanol–water partition coefficient (Wildman–Crippen LogP) is 3.61. The highest BCUT2D eigenvalue weighted by molar-refractivity contribution is 6.17. The first-order valence-corrected chi connectivity index (χ1v) is 5.64. The topological polar surface area (TPSA) is 18.5 Å². The quantitative estimate of drug-likeness (QED) is 0.717. The first-order chi connectivity index (χ1) is 7.22. The van der Waals surface area contributed by atoms with Crippen LogP contribution >= 0.6 is 11.6 Å². The Kier molecular flexibility index (Phi) is 4.76. The Morgan fingerprint density at radius 3 is 2.67 bits per heavy atom. The lowest BCUT2D eigenvalue weighted by Gasteiger charge is -2.17. The van der Waals surface area contributed by atoms with E-state index in [1.54, 1.807) is 7.11 Å². The van der Waals surface area contributed by atoms with E-state index < -0.39 is 0 Å². The maximum atomic E-state index is 5.85. The molecule has 0 bridgehead atoms. The van der Waals surface area contributed by atoms with Gasteiger partial charge in [0.05, 0.1) is 19.1 Å². The molecule has 1 rings (SSSR count). The molecule has 1 aromatic carbocycles. The van der Waals surface area contributed by atoms with Crippen LogP contribution in [0.2, 0.25) is 0 Å². The molecule has 0 aliphatic carbocycles. The van der Waals surface area contributed by atoms with E-state index in [-0.39, 0.29) is 6.10 Å². The molecule has 15 heavy (non-hydrogen) atoms. The van der Waals surface area contributed by atoms with Crippen LogP contribution in [0.3, 0.4) is 0 Å². The fourth-order valence-electron chi connectivity index (χ4n) is 1.25. The molecule has 0 N–H and O–H groups in total. The third kappa shape index (κ3) is 3.03. The Labute approximate surface area is 96.2 Å². The van der Waals surface area contributed by atoms with Crippen LogP contribution in [0.25, 0.3) is 0 Å². The van der Waals surface area contributed by atoms with Gasteiger partial charge in [0, 0.05) is 5.56 Å². The fraction of sp³-hybridized carbons (Fsp3) is 0.500. The molecule has 0 fully saturated rings. The number of ether oxygens (including phenoxy) is 2. The van der Waals surface area contributed by atoms with Crippen LogP contribution in [0, 0.1) is 0 Å². The minimum Gasteiger partial charge on any atom is -0.493 e. The number of alkyl halides is 1. The summed E-state index contributed by atoms with van der Waals surface area (Å²) < 4.78 is 11.0. The lowest BCUT2D eigenvalue weighted by molar-refractivity contribution is 0.206. The van der Waals surface area contributed by atoms with Crippen LogP contribution in [0.5, 0.6) is 11.5 Å². The number of hydrogen-bond donors (Lipinski definition) is 0. The first-order valence-electron chi connectivity index (χ1n) is 5.11. The summed E-state index contributed by atoms with van der Waals surface area (Å²) in [6.07, 6.45) is 1.13. The van der Waals surface area contributed by atoms with Gasteiger partial charge in [-0.2, -0.15) is 0 Å². The number of halogens is 1. The summed E-state index contributed by atoms with van der Waals surface area (Å²) in [5.74, 6) is 1.95. The summed E-state index contributed by atoms with van der Waals surface area (Å²) >= 11 is 5.85. The van der Waals surface area contributed by atoms with Gasteiger partial charge < -0.3 is 9.47 Å². The standard InChI is InChI=1S/C12H17ClO2/c1-4-9(2)15-12-10(8-13)6-5-7-11(12)14-3/h5-7,9H,4,8H2,1-3H3. The molecule has 0 saturated heterocycles. The predicted molar refractivity (Wildman–Crippen MR) is 62.9 cm³/mol. The number of benzene rings is 1. The maximum absolute atomic E-state index is 5.85. The zero-order chi connectivity index (χ0) is 11.3. The SMILES string of the molecule is CCC(C)Oc1c(CCl)cccc1OC. The average Bonchev–Trinajstić information content (AvgIpc) is 2.29. The van der Waals surface area contributed by atoms with Crippen molar-refractivity contribution in [2.24, 2.45) is 0 Å². The monoisotopic (exact) mass is 228 g/mol. The number of para-hydroxylation sites is 1. The Balaban J connectivity index is 2.99. The van der Waals surface area contributed by atoms with Gasteiger partial charge in [-0.3, -0.25) is 0 Å². The summed E-state index contributed by atoms with van der Waals surface area (Å²) in [6, 6.07) is 5.75. The molecule has 84 valence electrons. The second-order valence-electron chi connectivity index (χ2n) is 3.42. The van der Waals surface area contributed by atoms with Crippen molar-refractivity contribution >= 4 is 11.6 Å². The van der Waals surface area contributed by atoms with E-state index in [1.807, 2.05) is 25.1 Å². The summed E-state index contributed by atoms with van der Waals surface area (Å²) in [5, 5.41) is 0. The average molecular weight is 229 g/mol. The van der Waals surface area contributed by atoms with Gasteiger partial charge in [0.2, 0.25) is 0 Å². The Morgan fingerprint density at radius 1 is 1.40 bits per heavy atom. The second-order valence-corrected chi connectivity index (χ2v) is 3.69. The van der Waals surface area contributed by atoms with Gasteiger partial charge in [-0.15, -0.1) is 11.6 Å². The molecule has 0 aliphatic rings. The van der Waals surface area contributed by atoms with Gasteiger partial charge in [-0.25, -0.2) is 0 Å². The van der Waals surface area contributed by atoms with Crippen molar-refractivity contribution < 1.29 is 9.47 Å². The zero-order valence-corrected chi connectivity index (χ0v) is 10.2. The molecule has 0 amide bonds. The van der Waals surface area contributed by atoms with Crippen molar-refractivity contribution in [3.8, 4) is 11.5 Å². The summed E-state index contributed by atoms with van der Waals surface area (Å²) in [4.78, 5) is 0. The third-order valence-corrected chi connectivity index (χ3v) is 2.61. The third-order valence-electron chi connectivity index (χ3n) is 2.32. The molecular formula is C12H17ClO2. The summed E-state index contributed by atoms with van der Waals surface area (Å²) in [6.45, 7) is 4.12. The molecule has 1 atom stereocenters. The van der Waals surface area contributed by atoms with Gasteiger partial charge in [0.15, 0.2) is 11.5 Å². The Morgan fingerprint density at radius 2 is 2.13 bits per heavy atom. The van der Waals surface area contributed by atoms with Crippen molar-refractivity contribution in [2.45, 2.75) is 32.3 Å². The van der Waals surface area contributed by atoms with E-state index in [1.165, 1.54) is 0 Å². The van der Waals surface area contributed by atoms with E-state index in [2.05, 4.69) is 6.92 Å². The van der Waals surface area contributed by atoms with Crippen LogP contribution in [0.4, 0.5) is 0 Å². The molecule has 0 heterocycles. The minimum absolute atomic E-state index is 0.170. The normalized spacial score (nSPS) is 12.3. The van der Waals surface area contributed by atoms with Crippen LogP contribution in [0.1, 0.15) is 25.8 Å². The van der Waals surface area contributed by atoms with Crippen LogP contribution < -0.4 is 9.47 Å². The van der Waals surface area contributed by atoms with Gasteiger partial charge in [-0.1, -0.05) is 19.1 Å². The van der Waals surface area contributed by atoms with Crippen molar-refractivity contribution in [3.63, 3.8) is 0 Å². The molecular weight excluding hydrogens is 212 g/mol. The van der Waals surface area contributed by atoms with E-state index in [0.717, 1.165) is 23.5 Å². The maximum Gasteiger partial charge on any atom is 0.165 e. The van der Waals surface area contributed by atoms with Crippen molar-refractivity contribution in [1.82, 2.24) is 0 Å². The molecule has 1 aromatic rings. The molecule has 0 spiro atoms. The molecule has 3 heteroatoms. The second kappa shape index (κ2) is 5.86. The Bertz CT molecular complexity index is 290. The van der Waals surface area contributed by atoms with Crippen LogP contribution in [-0.2, 0) is 5.88 Å². The summed E-state index contributed by atoms with van der Waals surface area (Å²) in [5.41, 5.74) is 0.969. The minimum atomic E-state index is 0.170. The number of rotatable bonds is 5. The number of hydrogen-bond acceptors (Lipinski definition) is 2. The van der Waals surface area contributed by atoms with E-state index >= 15 is 0 Å². The lowest BCUT2D eigenvalue weighted by Crippen LogP contribution is -2.11. The smallest absolute Gasteiger partial charge is 0.165 e. The summed E-state index contributed by atoms with van der Waals surface area (Å²) in [7, 11) is 1.64. The van der Waals surface area contributed by atoms with E-state index in [0.29, 0.717) is 5.88 Å². The molecule has 0 aliphatic heterocycles. The largest absolute Gasteiger partial charge is 0.493 e. The van der Waals surface area contributed by atoms with Gasteiger partial charge in [0.1, 0.15) is 0 Å². The fourth-order valence-corrected chi connectivity index (χ4v) is 1.46. The van der Waals surface area contributed by atoms with Crippen molar-refractivity contribution in [1.29, 1.82) is 0 Å². The highest BCUT2D eigenvalue weighted by Crippen LogP contribution is 2.33. The van der Waals surface area contributed by atoms with Crippen LogP contribution in [-0.4, -0.2) is 13.2 Å². The van der Waals surface area contributed by atoms with Crippen molar-refractivity contribution in [2.75, 3.05) is 7.11 Å². The van der Waals surface area contributed by atoms with E-state index in [4.69, 9.17) is 21.1 Å².